The third-order valence-electron chi connectivity index (χ3n) is 3.94. The molecule has 2 rings (SSSR count). The molecule has 2 aromatic rings. The van der Waals surface area contributed by atoms with E-state index >= 15 is 0 Å². The molecule has 0 unspecified atom stereocenters. The number of benzene rings is 1. The third-order valence-corrected chi connectivity index (χ3v) is 5.25. The molecule has 0 aliphatic heterocycles. The highest BCUT2D eigenvalue weighted by atomic mass is 32.2. The normalized spacial score (nSPS) is 12.0. The summed E-state index contributed by atoms with van der Waals surface area (Å²) in [5, 5.41) is 15.7. The number of carboxylic acid groups (broad SMARTS) is 1. The number of aliphatic carboxylic acids is 1. The molecule has 1 aromatic carbocycles. The van der Waals surface area contributed by atoms with Crippen LogP contribution in [0.2, 0.25) is 0 Å². The number of carboxylic acids is 1. The van der Waals surface area contributed by atoms with Gasteiger partial charge >= 0.3 is 0 Å². The van der Waals surface area contributed by atoms with E-state index in [9.17, 15) is 9.59 Å². The van der Waals surface area contributed by atoms with Gasteiger partial charge in [-0.3, -0.25) is 14.4 Å². The number of nitrogens with one attached hydrogen (secondary N) is 1. The van der Waals surface area contributed by atoms with E-state index in [4.69, 9.17) is 15.6 Å². The van der Waals surface area contributed by atoms with Crippen LogP contribution in [0, 0.1) is 0 Å². The first-order valence-electron chi connectivity index (χ1n) is 8.33. The molecule has 9 heteroatoms. The number of hydrogen-bond donors (Lipinski definition) is 3. The quantitative estimate of drug-likeness (QED) is 0.669. The number of nitrogens with zero attached hydrogens (tertiary/aromatic N) is 2. The summed E-state index contributed by atoms with van der Waals surface area (Å²) in [5.74, 6) is -1.06. The molecule has 0 aliphatic rings. The average Bonchev–Trinajstić information content (AvgIpc) is 2.62. The number of carbonyl (C=O) groups is 2. The van der Waals surface area contributed by atoms with E-state index in [1.807, 2.05) is 38.3 Å². The molecule has 27 heavy (non-hydrogen) atoms. The zero-order valence-electron chi connectivity index (χ0n) is 15.9. The molecule has 0 spiro atoms. The zero-order valence-corrected chi connectivity index (χ0v) is 16.7. The van der Waals surface area contributed by atoms with Crippen LogP contribution in [0.3, 0.4) is 0 Å². The monoisotopic (exact) mass is 394 g/mol. The Morgan fingerprint density at radius 1 is 1.37 bits per heavy atom. The first-order chi connectivity index (χ1) is 12.6. The number of thioether (sulfide) groups is 1. The summed E-state index contributed by atoms with van der Waals surface area (Å²) < 4.78 is 1.01. The predicted molar refractivity (Wildman–Crippen MR) is 108 cm³/mol. The Kier molecular flexibility index (Phi) is 8.45. The van der Waals surface area contributed by atoms with Crippen LogP contribution < -0.4 is 16.6 Å². The van der Waals surface area contributed by atoms with Crippen LogP contribution in [0.25, 0.3) is 10.8 Å². The lowest BCUT2D eigenvalue weighted by atomic mass is 10.0. The molecule has 148 valence electrons. The van der Waals surface area contributed by atoms with Gasteiger partial charge in [0.15, 0.2) is 0 Å². The second-order valence-electron chi connectivity index (χ2n) is 6.36. The third kappa shape index (κ3) is 6.69. The molecule has 1 heterocycles. The van der Waals surface area contributed by atoms with E-state index in [0.29, 0.717) is 18.5 Å². The Labute approximate surface area is 162 Å². The van der Waals surface area contributed by atoms with Gasteiger partial charge in [0.05, 0.1) is 24.2 Å². The highest BCUT2D eigenvalue weighted by Crippen LogP contribution is 2.24. The highest BCUT2D eigenvalue weighted by Gasteiger charge is 2.30. The van der Waals surface area contributed by atoms with Crippen LogP contribution in [0.4, 0.5) is 0 Å². The Balaban J connectivity index is 0.000000828. The minimum atomic E-state index is -0.833. The van der Waals surface area contributed by atoms with Crippen molar-refractivity contribution >= 4 is 34.4 Å². The number of fused-ring (bicyclic) bond motifs is 1. The van der Waals surface area contributed by atoms with E-state index < -0.39 is 12.0 Å². The van der Waals surface area contributed by atoms with Gasteiger partial charge in [-0.05, 0) is 26.2 Å². The SMILES string of the molecule is CC(=O)O.CSC(C)(C)[C@H](N)C(=O)NCCn1ncc2ccccc2c1=O. The lowest BCUT2D eigenvalue weighted by Gasteiger charge is -2.28. The second-order valence-corrected chi connectivity index (χ2v) is 7.82. The molecule has 0 saturated heterocycles. The number of hydrogen-bond acceptors (Lipinski definition) is 6. The maximum absolute atomic E-state index is 12.3. The van der Waals surface area contributed by atoms with Crippen LogP contribution >= 0.6 is 11.8 Å². The summed E-state index contributed by atoms with van der Waals surface area (Å²) in [7, 11) is 0. The Morgan fingerprint density at radius 2 is 1.96 bits per heavy atom. The lowest BCUT2D eigenvalue weighted by molar-refractivity contribution is -0.134. The summed E-state index contributed by atoms with van der Waals surface area (Å²) in [6.45, 7) is 5.55. The summed E-state index contributed by atoms with van der Waals surface area (Å²) in [6, 6.07) is 6.69. The van der Waals surface area contributed by atoms with E-state index in [1.165, 1.54) is 4.68 Å². The maximum atomic E-state index is 12.3. The second kappa shape index (κ2) is 10.1. The molecule has 0 bridgehead atoms. The molecule has 8 nitrogen and oxygen atoms in total. The molecule has 0 saturated carbocycles. The van der Waals surface area contributed by atoms with Crippen molar-refractivity contribution < 1.29 is 14.7 Å². The molecule has 0 fully saturated rings. The molecule has 1 aromatic heterocycles. The molecule has 1 amide bonds. The molecule has 1 atom stereocenters. The fourth-order valence-electron chi connectivity index (χ4n) is 2.12. The number of carbonyl (C=O) groups excluding carboxylic acids is 1. The zero-order chi connectivity index (χ0) is 20.6. The number of rotatable bonds is 6. The Morgan fingerprint density at radius 3 is 2.56 bits per heavy atom. The van der Waals surface area contributed by atoms with E-state index in [0.717, 1.165) is 12.3 Å². The summed E-state index contributed by atoms with van der Waals surface area (Å²) in [6.07, 6.45) is 3.58. The molecular weight excluding hydrogens is 368 g/mol. The predicted octanol–water partition coefficient (Wildman–Crippen LogP) is 1.07. The van der Waals surface area contributed by atoms with Gasteiger partial charge in [-0.25, -0.2) is 4.68 Å². The van der Waals surface area contributed by atoms with E-state index in [-0.39, 0.29) is 16.2 Å². The van der Waals surface area contributed by atoms with Gasteiger partial charge in [0, 0.05) is 23.6 Å². The van der Waals surface area contributed by atoms with Gasteiger partial charge in [0.25, 0.3) is 11.5 Å². The van der Waals surface area contributed by atoms with Crippen molar-refractivity contribution in [1.29, 1.82) is 0 Å². The summed E-state index contributed by atoms with van der Waals surface area (Å²) in [5.41, 5.74) is 5.81. The van der Waals surface area contributed by atoms with Gasteiger partial charge in [0.1, 0.15) is 0 Å². The molecule has 0 radical (unpaired) electrons. The Bertz CT molecular complexity index is 847. The van der Waals surface area contributed by atoms with Gasteiger partial charge in [-0.15, -0.1) is 0 Å². The Hall–Kier alpha value is -2.39. The van der Waals surface area contributed by atoms with Crippen molar-refractivity contribution in [2.75, 3.05) is 12.8 Å². The van der Waals surface area contributed by atoms with Gasteiger partial charge < -0.3 is 16.2 Å². The molecular formula is C18H26N4O4S. The minimum absolute atomic E-state index is 0.161. The lowest BCUT2D eigenvalue weighted by Crippen LogP contribution is -2.52. The number of amides is 1. The van der Waals surface area contributed by atoms with Crippen molar-refractivity contribution in [1.82, 2.24) is 15.1 Å². The summed E-state index contributed by atoms with van der Waals surface area (Å²) in [4.78, 5) is 33.4. The number of nitrogens with two attached hydrogens (primary N) is 1. The van der Waals surface area contributed by atoms with Crippen molar-refractivity contribution in [3.05, 3.63) is 40.8 Å². The highest BCUT2D eigenvalue weighted by molar-refractivity contribution is 8.00. The fraction of sp³-hybridized carbons (Fsp3) is 0.444. The van der Waals surface area contributed by atoms with E-state index in [1.54, 1.807) is 24.0 Å². The van der Waals surface area contributed by atoms with Gasteiger partial charge in [-0.2, -0.15) is 16.9 Å². The smallest absolute Gasteiger partial charge is 0.300 e. The standard InChI is InChI=1S/C16H22N4O2S.C2H4O2/c1-16(2,23-3)13(17)14(21)18-8-9-20-15(22)12-7-5-4-6-11(12)10-19-20;1-2(3)4/h4-7,10,13H,8-9,17H2,1-3H3,(H,18,21);1H3,(H,3,4)/t13-;/m1./s1. The number of aromatic nitrogens is 2. The molecule has 0 aliphatic carbocycles. The van der Waals surface area contributed by atoms with Crippen LogP contribution in [0.15, 0.2) is 35.3 Å². The van der Waals surface area contributed by atoms with Crippen molar-refractivity contribution in [2.45, 2.75) is 38.1 Å². The fourth-order valence-corrected chi connectivity index (χ4v) is 2.49. The van der Waals surface area contributed by atoms with Gasteiger partial charge in [-0.1, -0.05) is 18.2 Å². The first-order valence-corrected chi connectivity index (χ1v) is 9.55. The average molecular weight is 394 g/mol. The van der Waals surface area contributed by atoms with Crippen LogP contribution in [0.1, 0.15) is 20.8 Å². The van der Waals surface area contributed by atoms with Crippen LogP contribution in [0.5, 0.6) is 0 Å². The van der Waals surface area contributed by atoms with E-state index in [2.05, 4.69) is 10.4 Å². The summed E-state index contributed by atoms with van der Waals surface area (Å²) >= 11 is 1.54. The van der Waals surface area contributed by atoms with Crippen LogP contribution in [-0.4, -0.2) is 50.4 Å². The van der Waals surface area contributed by atoms with Crippen molar-refractivity contribution in [3.8, 4) is 0 Å². The largest absolute Gasteiger partial charge is 0.481 e. The molecule has 4 N–H and O–H groups in total. The van der Waals surface area contributed by atoms with Crippen LogP contribution in [-0.2, 0) is 16.1 Å². The van der Waals surface area contributed by atoms with Crippen molar-refractivity contribution in [3.63, 3.8) is 0 Å². The van der Waals surface area contributed by atoms with Crippen molar-refractivity contribution in [2.24, 2.45) is 5.73 Å². The maximum Gasteiger partial charge on any atom is 0.300 e. The first kappa shape index (κ1) is 22.7. The minimum Gasteiger partial charge on any atom is -0.481 e. The van der Waals surface area contributed by atoms with Gasteiger partial charge in [0.2, 0.25) is 5.91 Å². The topological polar surface area (TPSA) is 127 Å².